The number of fused-ring (bicyclic) bond motifs is 1. The fourth-order valence-corrected chi connectivity index (χ4v) is 3.40. The van der Waals surface area contributed by atoms with Crippen molar-refractivity contribution in [3.63, 3.8) is 0 Å². The van der Waals surface area contributed by atoms with Crippen LogP contribution in [0, 0.1) is 17.2 Å². The number of allylic oxidation sites excluding steroid dienone is 3. The topological polar surface area (TPSA) is 87.7 Å². The van der Waals surface area contributed by atoms with Crippen LogP contribution in [0.3, 0.4) is 0 Å². The van der Waals surface area contributed by atoms with Gasteiger partial charge in [0, 0.05) is 22.6 Å². The molecule has 5 nitrogen and oxygen atoms in total. The maximum atomic E-state index is 9.60. The molecular formula is C17H22N4O. The van der Waals surface area contributed by atoms with Gasteiger partial charge in [0.2, 0.25) is 11.8 Å². The summed E-state index contributed by atoms with van der Waals surface area (Å²) in [7, 11) is 0. The molecule has 2 heterocycles. The van der Waals surface area contributed by atoms with Crippen LogP contribution in [-0.2, 0) is 5.41 Å². The van der Waals surface area contributed by atoms with Gasteiger partial charge in [0.25, 0.3) is 0 Å². The van der Waals surface area contributed by atoms with Crippen LogP contribution < -0.4 is 10.5 Å². The van der Waals surface area contributed by atoms with E-state index in [9.17, 15) is 5.26 Å². The van der Waals surface area contributed by atoms with E-state index in [4.69, 9.17) is 10.5 Å². The van der Waals surface area contributed by atoms with Crippen molar-refractivity contribution in [2.75, 3.05) is 0 Å². The Morgan fingerprint density at radius 2 is 2.23 bits per heavy atom. The molecule has 1 aliphatic carbocycles. The molecule has 0 spiro atoms. The van der Waals surface area contributed by atoms with Crippen LogP contribution in [0.2, 0.25) is 0 Å². The van der Waals surface area contributed by atoms with E-state index in [0.29, 0.717) is 11.5 Å². The Hall–Kier alpha value is -2.22. The summed E-state index contributed by atoms with van der Waals surface area (Å²) in [4.78, 5) is 0. The number of nitrogens with two attached hydrogens (primary N) is 1. The number of ether oxygens (including phenoxy) is 1. The van der Waals surface area contributed by atoms with Crippen molar-refractivity contribution in [1.29, 1.82) is 5.26 Å². The molecule has 116 valence electrons. The third kappa shape index (κ3) is 2.29. The first-order valence-corrected chi connectivity index (χ1v) is 7.76. The van der Waals surface area contributed by atoms with Gasteiger partial charge in [-0.25, -0.2) is 0 Å². The SMILES string of the molecule is CC(C)(C)c1[nH]nc2c1[C@@H]([C@H]1C=CCCC1)C(C#N)=C(N)O2. The van der Waals surface area contributed by atoms with Gasteiger partial charge in [0.05, 0.1) is 5.57 Å². The number of nitrogens with zero attached hydrogens (tertiary/aromatic N) is 2. The quantitative estimate of drug-likeness (QED) is 0.779. The molecular weight excluding hydrogens is 276 g/mol. The van der Waals surface area contributed by atoms with E-state index in [-0.39, 0.29) is 23.1 Å². The van der Waals surface area contributed by atoms with Gasteiger partial charge in [-0.3, -0.25) is 5.10 Å². The van der Waals surface area contributed by atoms with Crippen LogP contribution in [0.5, 0.6) is 5.88 Å². The van der Waals surface area contributed by atoms with Gasteiger partial charge in [-0.15, -0.1) is 5.10 Å². The smallest absolute Gasteiger partial charge is 0.243 e. The molecule has 0 bridgehead atoms. The minimum Gasteiger partial charge on any atom is -0.420 e. The van der Waals surface area contributed by atoms with Gasteiger partial charge in [0.15, 0.2) is 0 Å². The van der Waals surface area contributed by atoms with E-state index in [1.165, 1.54) is 0 Å². The van der Waals surface area contributed by atoms with Crippen LogP contribution in [0.1, 0.15) is 57.2 Å². The van der Waals surface area contributed by atoms with Gasteiger partial charge in [-0.1, -0.05) is 32.9 Å². The first-order valence-electron chi connectivity index (χ1n) is 7.76. The maximum Gasteiger partial charge on any atom is 0.243 e. The van der Waals surface area contributed by atoms with Gasteiger partial charge in [-0.2, -0.15) is 5.26 Å². The zero-order chi connectivity index (χ0) is 15.9. The molecule has 2 atom stereocenters. The Labute approximate surface area is 130 Å². The lowest BCUT2D eigenvalue weighted by atomic mass is 9.73. The average Bonchev–Trinajstić information content (AvgIpc) is 2.90. The molecule has 1 aliphatic heterocycles. The molecule has 0 aromatic carbocycles. The zero-order valence-electron chi connectivity index (χ0n) is 13.3. The fraction of sp³-hybridized carbons (Fsp3) is 0.529. The zero-order valence-corrected chi connectivity index (χ0v) is 13.3. The number of hydrogen-bond acceptors (Lipinski definition) is 4. The second-order valence-electron chi connectivity index (χ2n) is 7.06. The number of H-pyrrole nitrogens is 1. The molecule has 1 aromatic rings. The molecule has 0 saturated carbocycles. The summed E-state index contributed by atoms with van der Waals surface area (Å²) >= 11 is 0. The van der Waals surface area contributed by atoms with Gasteiger partial charge >= 0.3 is 0 Å². The predicted octanol–water partition coefficient (Wildman–Crippen LogP) is 3.23. The Morgan fingerprint density at radius 3 is 2.82 bits per heavy atom. The lowest BCUT2D eigenvalue weighted by Gasteiger charge is -2.32. The predicted molar refractivity (Wildman–Crippen MR) is 84.0 cm³/mol. The Bertz CT molecular complexity index is 684. The number of nitriles is 1. The molecule has 0 unspecified atom stereocenters. The van der Waals surface area contributed by atoms with Crippen molar-refractivity contribution in [3.05, 3.63) is 34.9 Å². The summed E-state index contributed by atoms with van der Waals surface area (Å²) < 4.78 is 5.60. The normalized spacial score (nSPS) is 24.6. The molecule has 2 aliphatic rings. The van der Waals surface area contributed by atoms with E-state index in [2.05, 4.69) is 49.2 Å². The highest BCUT2D eigenvalue weighted by Crippen LogP contribution is 2.47. The number of hydrogen-bond donors (Lipinski definition) is 2. The van der Waals surface area contributed by atoms with E-state index in [1.54, 1.807) is 0 Å². The van der Waals surface area contributed by atoms with Crippen LogP contribution in [0.4, 0.5) is 0 Å². The second kappa shape index (κ2) is 5.20. The van der Waals surface area contributed by atoms with Crippen LogP contribution >= 0.6 is 0 Å². The molecule has 0 fully saturated rings. The van der Waals surface area contributed by atoms with Gasteiger partial charge in [-0.05, 0) is 25.2 Å². The van der Waals surface area contributed by atoms with E-state index in [1.807, 2.05) is 0 Å². The summed E-state index contributed by atoms with van der Waals surface area (Å²) in [5, 5.41) is 17.0. The van der Waals surface area contributed by atoms with Crippen LogP contribution in [0.25, 0.3) is 0 Å². The van der Waals surface area contributed by atoms with Gasteiger partial charge < -0.3 is 10.5 Å². The lowest BCUT2D eigenvalue weighted by Crippen LogP contribution is -2.27. The van der Waals surface area contributed by atoms with Gasteiger partial charge in [0.1, 0.15) is 6.07 Å². The summed E-state index contributed by atoms with van der Waals surface area (Å²) in [5.41, 5.74) is 8.41. The van der Waals surface area contributed by atoms with Crippen LogP contribution in [0.15, 0.2) is 23.6 Å². The molecule has 3 rings (SSSR count). The third-order valence-electron chi connectivity index (χ3n) is 4.45. The first-order chi connectivity index (χ1) is 10.4. The standard InChI is InChI=1S/C17H22N4O/c1-17(2,3)14-13-12(10-7-5-4-6-8-10)11(9-18)15(19)22-16(13)21-20-14/h5,7,10,12H,4,6,8,19H2,1-3H3,(H,20,21)/t10-,12-/m0/s1. The molecule has 0 amide bonds. The highest BCUT2D eigenvalue weighted by atomic mass is 16.5. The van der Waals surface area contributed by atoms with Crippen molar-refractivity contribution in [1.82, 2.24) is 10.2 Å². The number of rotatable bonds is 1. The summed E-state index contributed by atoms with van der Waals surface area (Å²) in [6.07, 6.45) is 7.70. The van der Waals surface area contributed by atoms with E-state index in [0.717, 1.165) is 30.5 Å². The molecule has 5 heteroatoms. The van der Waals surface area contributed by atoms with E-state index < -0.39 is 0 Å². The van der Waals surface area contributed by atoms with Crippen molar-refractivity contribution in [3.8, 4) is 11.9 Å². The Kier molecular flexibility index (Phi) is 3.48. The highest BCUT2D eigenvalue weighted by molar-refractivity contribution is 5.51. The van der Waals surface area contributed by atoms with E-state index >= 15 is 0 Å². The number of aromatic nitrogens is 2. The highest BCUT2D eigenvalue weighted by Gasteiger charge is 2.40. The molecule has 0 radical (unpaired) electrons. The lowest BCUT2D eigenvalue weighted by molar-refractivity contribution is 0.353. The molecule has 0 saturated heterocycles. The summed E-state index contributed by atoms with van der Waals surface area (Å²) in [6, 6.07) is 2.26. The third-order valence-corrected chi connectivity index (χ3v) is 4.45. The fourth-order valence-electron chi connectivity index (χ4n) is 3.40. The second-order valence-corrected chi connectivity index (χ2v) is 7.06. The average molecular weight is 298 g/mol. The first kappa shape index (κ1) is 14.7. The molecule has 1 aromatic heterocycles. The number of aromatic amines is 1. The van der Waals surface area contributed by atoms with Crippen LogP contribution in [-0.4, -0.2) is 10.2 Å². The van der Waals surface area contributed by atoms with Crippen molar-refractivity contribution in [2.24, 2.45) is 11.7 Å². The summed E-state index contributed by atoms with van der Waals surface area (Å²) in [6.45, 7) is 6.38. The van der Waals surface area contributed by atoms with Crippen molar-refractivity contribution in [2.45, 2.75) is 51.4 Å². The Morgan fingerprint density at radius 1 is 1.45 bits per heavy atom. The molecule has 22 heavy (non-hydrogen) atoms. The summed E-state index contributed by atoms with van der Waals surface area (Å²) in [5.74, 6) is 0.901. The largest absolute Gasteiger partial charge is 0.420 e. The minimum absolute atomic E-state index is 0.0710. The van der Waals surface area contributed by atoms with Crippen molar-refractivity contribution < 1.29 is 4.74 Å². The molecule has 3 N–H and O–H groups in total. The Balaban J connectivity index is 2.17. The van der Waals surface area contributed by atoms with Crippen molar-refractivity contribution >= 4 is 0 Å². The monoisotopic (exact) mass is 298 g/mol. The number of nitrogens with one attached hydrogen (secondary N) is 1. The minimum atomic E-state index is -0.104. The maximum absolute atomic E-state index is 9.60.